The summed E-state index contributed by atoms with van der Waals surface area (Å²) in [7, 11) is 1.83. The summed E-state index contributed by atoms with van der Waals surface area (Å²) in [6.07, 6.45) is 1.59. The first kappa shape index (κ1) is 9.64. The third kappa shape index (κ3) is 1.27. The first-order valence-electron chi connectivity index (χ1n) is 4.58. The summed E-state index contributed by atoms with van der Waals surface area (Å²) in [5, 5.41) is 11.0. The van der Waals surface area contributed by atoms with Crippen LogP contribution in [0.2, 0.25) is 0 Å². The zero-order valence-corrected chi connectivity index (χ0v) is 8.81. The molecular weight excluding hydrogens is 194 g/mol. The molecule has 15 heavy (non-hydrogen) atoms. The molecule has 0 fully saturated rings. The topological polar surface area (TPSA) is 61.0 Å². The van der Waals surface area contributed by atoms with Crippen LogP contribution in [0.1, 0.15) is 11.1 Å². The summed E-state index contributed by atoms with van der Waals surface area (Å²) >= 11 is 0. The third-order valence-corrected chi connectivity index (χ3v) is 2.69. The van der Waals surface area contributed by atoms with Crippen molar-refractivity contribution in [1.82, 2.24) is 9.55 Å². The molecule has 5 heteroatoms. The minimum absolute atomic E-state index is 0.116. The van der Waals surface area contributed by atoms with E-state index < -0.39 is 0 Å². The zero-order valence-electron chi connectivity index (χ0n) is 8.81. The molecule has 0 saturated heterocycles. The van der Waals surface area contributed by atoms with Crippen LogP contribution in [0.15, 0.2) is 12.4 Å². The van der Waals surface area contributed by atoms with Crippen molar-refractivity contribution in [3.8, 4) is 0 Å². The van der Waals surface area contributed by atoms with E-state index in [2.05, 4.69) is 4.98 Å². The number of nitro groups is 1. The highest BCUT2D eigenvalue weighted by Gasteiger charge is 2.20. The number of aromatic nitrogens is 2. The highest BCUT2D eigenvalue weighted by molar-refractivity contribution is 5.87. The molecule has 0 bridgehead atoms. The van der Waals surface area contributed by atoms with E-state index in [4.69, 9.17) is 0 Å². The Morgan fingerprint density at radius 2 is 2.13 bits per heavy atom. The van der Waals surface area contributed by atoms with Gasteiger partial charge in [0, 0.05) is 12.6 Å². The number of nitro benzene ring substituents is 1. The molecule has 0 spiro atoms. The molecular formula is C10H11N3O2. The number of nitrogens with zero attached hydrogens (tertiary/aromatic N) is 3. The lowest BCUT2D eigenvalue weighted by Gasteiger charge is -2.03. The Balaban J connectivity index is 2.97. The molecule has 0 radical (unpaired) electrons. The highest BCUT2D eigenvalue weighted by Crippen LogP contribution is 2.30. The van der Waals surface area contributed by atoms with Gasteiger partial charge in [0.2, 0.25) is 0 Å². The summed E-state index contributed by atoms with van der Waals surface area (Å²) in [6, 6.07) is 1.92. The molecule has 78 valence electrons. The second-order valence-corrected chi connectivity index (χ2v) is 3.65. The quantitative estimate of drug-likeness (QED) is 0.529. The molecule has 1 heterocycles. The van der Waals surface area contributed by atoms with Crippen molar-refractivity contribution >= 4 is 16.7 Å². The van der Waals surface area contributed by atoms with Crippen LogP contribution >= 0.6 is 0 Å². The Morgan fingerprint density at radius 3 is 2.73 bits per heavy atom. The zero-order chi connectivity index (χ0) is 11.2. The molecule has 0 aliphatic carbocycles. The summed E-state index contributed by atoms with van der Waals surface area (Å²) in [4.78, 5) is 14.7. The van der Waals surface area contributed by atoms with Gasteiger partial charge >= 0.3 is 0 Å². The first-order chi connectivity index (χ1) is 7.02. The maximum Gasteiger partial charge on any atom is 0.300 e. The van der Waals surface area contributed by atoms with Crippen molar-refractivity contribution in [1.29, 1.82) is 0 Å². The Bertz CT molecular complexity index is 557. The van der Waals surface area contributed by atoms with Gasteiger partial charge in [-0.15, -0.1) is 0 Å². The SMILES string of the molecule is Cc1cc2c(ncn2C)c([N+](=O)[O-])c1C. The number of fused-ring (bicyclic) bond motifs is 1. The molecule has 2 rings (SSSR count). The van der Waals surface area contributed by atoms with Gasteiger partial charge in [0.1, 0.15) is 0 Å². The van der Waals surface area contributed by atoms with Gasteiger partial charge in [0.15, 0.2) is 5.52 Å². The number of aryl methyl sites for hydroxylation is 2. The summed E-state index contributed by atoms with van der Waals surface area (Å²) in [6.45, 7) is 3.62. The molecule has 0 saturated carbocycles. The van der Waals surface area contributed by atoms with E-state index in [1.807, 2.05) is 20.0 Å². The Kier molecular flexibility index (Phi) is 1.96. The van der Waals surface area contributed by atoms with E-state index in [9.17, 15) is 10.1 Å². The summed E-state index contributed by atoms with van der Waals surface area (Å²) in [5.74, 6) is 0. The van der Waals surface area contributed by atoms with Crippen molar-refractivity contribution in [2.45, 2.75) is 13.8 Å². The predicted octanol–water partition coefficient (Wildman–Crippen LogP) is 2.10. The lowest BCUT2D eigenvalue weighted by Crippen LogP contribution is -1.96. The minimum Gasteiger partial charge on any atom is -0.334 e. The molecule has 1 aromatic carbocycles. The van der Waals surface area contributed by atoms with E-state index in [0.29, 0.717) is 11.1 Å². The maximum atomic E-state index is 11.0. The summed E-state index contributed by atoms with van der Waals surface area (Å²) < 4.78 is 1.79. The second kappa shape index (κ2) is 3.05. The van der Waals surface area contributed by atoms with Crippen LogP contribution in [0, 0.1) is 24.0 Å². The van der Waals surface area contributed by atoms with Gasteiger partial charge in [-0.1, -0.05) is 0 Å². The minimum atomic E-state index is -0.363. The van der Waals surface area contributed by atoms with E-state index in [0.717, 1.165) is 11.1 Å². The molecule has 0 unspecified atom stereocenters. The van der Waals surface area contributed by atoms with Crippen molar-refractivity contribution in [2.24, 2.45) is 7.05 Å². The average Bonchev–Trinajstić information content (AvgIpc) is 2.49. The van der Waals surface area contributed by atoms with Crippen LogP contribution in [-0.2, 0) is 7.05 Å². The fourth-order valence-electron chi connectivity index (χ4n) is 1.69. The van der Waals surface area contributed by atoms with Crippen LogP contribution in [0.3, 0.4) is 0 Å². The summed E-state index contributed by atoms with van der Waals surface area (Å²) in [5.41, 5.74) is 2.98. The highest BCUT2D eigenvalue weighted by atomic mass is 16.6. The normalized spacial score (nSPS) is 10.9. The van der Waals surface area contributed by atoms with Crippen molar-refractivity contribution in [3.63, 3.8) is 0 Å². The van der Waals surface area contributed by atoms with Crippen LogP contribution in [0.4, 0.5) is 5.69 Å². The number of benzene rings is 1. The first-order valence-corrected chi connectivity index (χ1v) is 4.58. The monoisotopic (exact) mass is 205 g/mol. The van der Waals surface area contributed by atoms with E-state index in [1.54, 1.807) is 17.8 Å². The van der Waals surface area contributed by atoms with Gasteiger partial charge in [-0.3, -0.25) is 10.1 Å². The largest absolute Gasteiger partial charge is 0.334 e. The van der Waals surface area contributed by atoms with Gasteiger partial charge in [-0.05, 0) is 25.5 Å². The van der Waals surface area contributed by atoms with E-state index >= 15 is 0 Å². The maximum absolute atomic E-state index is 11.0. The fourth-order valence-corrected chi connectivity index (χ4v) is 1.69. The van der Waals surface area contributed by atoms with Gasteiger partial charge in [-0.2, -0.15) is 0 Å². The van der Waals surface area contributed by atoms with Gasteiger partial charge in [0.25, 0.3) is 5.69 Å². The van der Waals surface area contributed by atoms with E-state index in [-0.39, 0.29) is 10.6 Å². The van der Waals surface area contributed by atoms with Crippen LogP contribution in [-0.4, -0.2) is 14.5 Å². The van der Waals surface area contributed by atoms with Crippen LogP contribution in [0.25, 0.3) is 11.0 Å². The molecule has 0 aliphatic heterocycles. The van der Waals surface area contributed by atoms with Gasteiger partial charge < -0.3 is 4.57 Å². The van der Waals surface area contributed by atoms with Gasteiger partial charge in [0.05, 0.1) is 16.8 Å². The smallest absolute Gasteiger partial charge is 0.300 e. The number of rotatable bonds is 1. The van der Waals surface area contributed by atoms with Crippen molar-refractivity contribution < 1.29 is 4.92 Å². The molecule has 0 aliphatic rings. The van der Waals surface area contributed by atoms with Crippen LogP contribution < -0.4 is 0 Å². The van der Waals surface area contributed by atoms with Crippen molar-refractivity contribution in [2.75, 3.05) is 0 Å². The second-order valence-electron chi connectivity index (χ2n) is 3.65. The van der Waals surface area contributed by atoms with Crippen LogP contribution in [0.5, 0.6) is 0 Å². The number of imidazole rings is 1. The third-order valence-electron chi connectivity index (χ3n) is 2.69. The molecule has 0 N–H and O–H groups in total. The van der Waals surface area contributed by atoms with E-state index in [1.165, 1.54) is 0 Å². The van der Waals surface area contributed by atoms with Gasteiger partial charge in [-0.25, -0.2) is 4.98 Å². The molecule has 1 aromatic heterocycles. The Morgan fingerprint density at radius 1 is 1.47 bits per heavy atom. The molecule has 0 atom stereocenters. The lowest BCUT2D eigenvalue weighted by atomic mass is 10.1. The standard InChI is InChI=1S/C10H11N3O2/c1-6-4-8-9(11-5-12(8)3)10(7(6)2)13(14)15/h4-5H,1-3H3. The number of hydrogen-bond acceptors (Lipinski definition) is 3. The fraction of sp³-hybridized carbons (Fsp3) is 0.300. The molecule has 2 aromatic rings. The Labute approximate surface area is 86.5 Å². The average molecular weight is 205 g/mol. The number of hydrogen-bond donors (Lipinski definition) is 0. The molecule has 5 nitrogen and oxygen atoms in total. The predicted molar refractivity (Wildman–Crippen MR) is 56.8 cm³/mol. The Hall–Kier alpha value is -1.91. The van der Waals surface area contributed by atoms with Crippen molar-refractivity contribution in [3.05, 3.63) is 33.6 Å². The lowest BCUT2D eigenvalue weighted by molar-refractivity contribution is -0.383. The molecule has 0 amide bonds.